The number of rotatable bonds is 4. The van der Waals surface area contributed by atoms with Crippen molar-refractivity contribution in [3.8, 4) is 5.88 Å². The third-order valence-electron chi connectivity index (χ3n) is 3.05. The molecule has 0 amide bonds. The summed E-state index contributed by atoms with van der Waals surface area (Å²) in [4.78, 5) is 31.4. The molecular formula is C16H16N2O3. The van der Waals surface area contributed by atoms with E-state index in [0.717, 1.165) is 5.56 Å². The van der Waals surface area contributed by atoms with Gasteiger partial charge in [-0.15, -0.1) is 0 Å². The summed E-state index contributed by atoms with van der Waals surface area (Å²) >= 11 is 0. The molecule has 0 spiro atoms. The van der Waals surface area contributed by atoms with Gasteiger partial charge in [0.1, 0.15) is 11.5 Å². The number of aryl methyl sites for hydroxylation is 2. The van der Waals surface area contributed by atoms with Crippen LogP contribution in [0.3, 0.4) is 0 Å². The van der Waals surface area contributed by atoms with E-state index in [4.69, 9.17) is 4.74 Å². The first-order valence-electron chi connectivity index (χ1n) is 6.66. The quantitative estimate of drug-likeness (QED) is 0.637. The summed E-state index contributed by atoms with van der Waals surface area (Å²) in [6, 6.07) is 7.05. The van der Waals surface area contributed by atoms with Crippen LogP contribution in [0, 0.1) is 13.8 Å². The molecule has 0 aliphatic carbocycles. The Balaban J connectivity index is 2.34. The minimum absolute atomic E-state index is 0.151. The molecule has 0 N–H and O–H groups in total. The Kier molecular flexibility index (Phi) is 4.42. The Labute approximate surface area is 123 Å². The molecule has 1 aromatic carbocycles. The van der Waals surface area contributed by atoms with Crippen molar-refractivity contribution in [3.63, 3.8) is 0 Å². The number of hydrogen-bond acceptors (Lipinski definition) is 5. The molecule has 1 aromatic heterocycles. The molecule has 0 bridgehead atoms. The predicted octanol–water partition coefficient (Wildman–Crippen LogP) is 2.69. The zero-order valence-electron chi connectivity index (χ0n) is 12.2. The lowest BCUT2D eigenvalue weighted by Crippen LogP contribution is -2.13. The van der Waals surface area contributed by atoms with E-state index >= 15 is 0 Å². The molecule has 5 nitrogen and oxygen atoms in total. The topological polar surface area (TPSA) is 69.2 Å². The van der Waals surface area contributed by atoms with Crippen LogP contribution in [0.4, 0.5) is 0 Å². The standard InChI is InChI=1S/C16H16N2O3/c1-4-13-14(9-19)17-11(3)18-15(13)21-16(20)12-7-5-10(2)6-8-12/h5-9H,4H2,1-3H3. The molecule has 0 saturated heterocycles. The molecule has 0 atom stereocenters. The van der Waals surface area contributed by atoms with Gasteiger partial charge >= 0.3 is 5.97 Å². The van der Waals surface area contributed by atoms with Crippen LogP contribution in [0.1, 0.15) is 44.7 Å². The highest BCUT2D eigenvalue weighted by Gasteiger charge is 2.16. The maximum Gasteiger partial charge on any atom is 0.344 e. The summed E-state index contributed by atoms with van der Waals surface area (Å²) in [5, 5.41) is 0. The molecule has 5 heteroatoms. The molecule has 0 saturated carbocycles. The van der Waals surface area contributed by atoms with E-state index in [1.165, 1.54) is 0 Å². The van der Waals surface area contributed by atoms with Crippen LogP contribution in [0.2, 0.25) is 0 Å². The summed E-state index contributed by atoms with van der Waals surface area (Å²) < 4.78 is 5.34. The highest BCUT2D eigenvalue weighted by Crippen LogP contribution is 2.20. The van der Waals surface area contributed by atoms with Crippen LogP contribution in [0.5, 0.6) is 5.88 Å². The number of hydrogen-bond donors (Lipinski definition) is 0. The third-order valence-corrected chi connectivity index (χ3v) is 3.05. The Hall–Kier alpha value is -2.56. The fourth-order valence-corrected chi connectivity index (χ4v) is 1.94. The Bertz CT molecular complexity index is 679. The summed E-state index contributed by atoms with van der Waals surface area (Å²) in [5.41, 5.74) is 2.29. The van der Waals surface area contributed by atoms with Crippen LogP contribution < -0.4 is 4.74 Å². The largest absolute Gasteiger partial charge is 0.403 e. The molecule has 2 rings (SSSR count). The molecule has 1 heterocycles. The van der Waals surface area contributed by atoms with Crippen LogP contribution >= 0.6 is 0 Å². The van der Waals surface area contributed by atoms with Crippen molar-refractivity contribution >= 4 is 12.3 Å². The first kappa shape index (κ1) is 14.8. The molecule has 108 valence electrons. The SMILES string of the molecule is CCc1c(C=O)nc(C)nc1OC(=O)c1ccc(C)cc1. The van der Waals surface area contributed by atoms with Crippen molar-refractivity contribution in [2.24, 2.45) is 0 Å². The average Bonchev–Trinajstić information content (AvgIpc) is 2.47. The van der Waals surface area contributed by atoms with Crippen molar-refractivity contribution < 1.29 is 14.3 Å². The second kappa shape index (κ2) is 6.26. The highest BCUT2D eigenvalue weighted by atomic mass is 16.5. The number of aromatic nitrogens is 2. The lowest BCUT2D eigenvalue weighted by atomic mass is 10.1. The first-order chi connectivity index (χ1) is 10.0. The smallest absolute Gasteiger partial charge is 0.344 e. The van der Waals surface area contributed by atoms with Crippen molar-refractivity contribution in [2.75, 3.05) is 0 Å². The average molecular weight is 284 g/mol. The van der Waals surface area contributed by atoms with Crippen molar-refractivity contribution in [1.29, 1.82) is 0 Å². The summed E-state index contributed by atoms with van der Waals surface area (Å²) in [7, 11) is 0. The van der Waals surface area contributed by atoms with Gasteiger partial charge in [-0.2, -0.15) is 4.98 Å². The van der Waals surface area contributed by atoms with Crippen molar-refractivity contribution in [3.05, 3.63) is 52.5 Å². The van der Waals surface area contributed by atoms with E-state index < -0.39 is 5.97 Å². The number of carbonyl (C=O) groups excluding carboxylic acids is 2. The second-order valence-electron chi connectivity index (χ2n) is 4.67. The van der Waals surface area contributed by atoms with Crippen LogP contribution in [0.25, 0.3) is 0 Å². The molecule has 0 aliphatic heterocycles. The maximum atomic E-state index is 12.1. The van der Waals surface area contributed by atoms with Gasteiger partial charge in [-0.3, -0.25) is 4.79 Å². The van der Waals surface area contributed by atoms with Gasteiger partial charge in [0.2, 0.25) is 5.88 Å². The Morgan fingerprint density at radius 2 is 1.86 bits per heavy atom. The van der Waals surface area contributed by atoms with Crippen molar-refractivity contribution in [2.45, 2.75) is 27.2 Å². The number of esters is 1. The van der Waals surface area contributed by atoms with Gasteiger partial charge in [-0.25, -0.2) is 9.78 Å². The first-order valence-corrected chi connectivity index (χ1v) is 6.66. The number of ether oxygens (including phenoxy) is 1. The Morgan fingerprint density at radius 3 is 2.43 bits per heavy atom. The van der Waals surface area contributed by atoms with Gasteiger partial charge in [0.15, 0.2) is 6.29 Å². The van der Waals surface area contributed by atoms with Gasteiger partial charge < -0.3 is 4.74 Å². The highest BCUT2D eigenvalue weighted by molar-refractivity contribution is 5.91. The molecule has 21 heavy (non-hydrogen) atoms. The van der Waals surface area contributed by atoms with Crippen LogP contribution in [0.15, 0.2) is 24.3 Å². The zero-order chi connectivity index (χ0) is 15.4. The molecule has 0 aliphatic rings. The summed E-state index contributed by atoms with van der Waals surface area (Å²) in [6.45, 7) is 5.44. The van der Waals surface area contributed by atoms with E-state index in [0.29, 0.717) is 29.7 Å². The zero-order valence-corrected chi connectivity index (χ0v) is 12.2. The van der Waals surface area contributed by atoms with Crippen molar-refractivity contribution in [1.82, 2.24) is 9.97 Å². The molecular weight excluding hydrogens is 268 g/mol. The lowest BCUT2D eigenvalue weighted by molar-refractivity contribution is 0.0724. The van der Waals surface area contributed by atoms with Gasteiger partial charge in [0.05, 0.1) is 5.56 Å². The van der Waals surface area contributed by atoms with E-state index in [2.05, 4.69) is 9.97 Å². The van der Waals surface area contributed by atoms with E-state index in [1.54, 1.807) is 19.1 Å². The second-order valence-corrected chi connectivity index (χ2v) is 4.67. The Morgan fingerprint density at radius 1 is 1.19 bits per heavy atom. The van der Waals surface area contributed by atoms with Gasteiger partial charge in [0.25, 0.3) is 0 Å². The monoisotopic (exact) mass is 284 g/mol. The fraction of sp³-hybridized carbons (Fsp3) is 0.250. The number of benzene rings is 1. The maximum absolute atomic E-state index is 12.1. The number of aldehydes is 1. The van der Waals surface area contributed by atoms with E-state index in [-0.39, 0.29) is 11.6 Å². The predicted molar refractivity (Wildman–Crippen MR) is 77.7 cm³/mol. The fourth-order valence-electron chi connectivity index (χ4n) is 1.94. The molecule has 0 unspecified atom stereocenters. The molecule has 0 fully saturated rings. The number of nitrogens with zero attached hydrogens (tertiary/aromatic N) is 2. The number of carbonyl (C=O) groups is 2. The van der Waals surface area contributed by atoms with Crippen LogP contribution in [-0.4, -0.2) is 22.2 Å². The molecule has 2 aromatic rings. The normalized spacial score (nSPS) is 10.2. The van der Waals surface area contributed by atoms with E-state index in [1.807, 2.05) is 26.0 Å². The summed E-state index contributed by atoms with van der Waals surface area (Å²) in [5.74, 6) is 0.0401. The van der Waals surface area contributed by atoms with Gasteiger partial charge in [0, 0.05) is 5.56 Å². The lowest BCUT2D eigenvalue weighted by Gasteiger charge is -2.10. The van der Waals surface area contributed by atoms with Gasteiger partial charge in [-0.1, -0.05) is 24.6 Å². The summed E-state index contributed by atoms with van der Waals surface area (Å²) in [6.07, 6.45) is 1.15. The minimum atomic E-state index is -0.500. The third kappa shape index (κ3) is 3.31. The molecule has 0 radical (unpaired) electrons. The van der Waals surface area contributed by atoms with Gasteiger partial charge in [-0.05, 0) is 32.4 Å². The minimum Gasteiger partial charge on any atom is -0.403 e. The van der Waals surface area contributed by atoms with Crippen LogP contribution in [-0.2, 0) is 6.42 Å². The van der Waals surface area contributed by atoms with E-state index in [9.17, 15) is 9.59 Å².